The van der Waals surface area contributed by atoms with Crippen molar-refractivity contribution >= 4 is 0 Å². The van der Waals surface area contributed by atoms with Gasteiger partial charge in [0.15, 0.2) is 0 Å². The fourth-order valence-corrected chi connectivity index (χ4v) is 2.23. The molecule has 0 aromatic heterocycles. The summed E-state index contributed by atoms with van der Waals surface area (Å²) in [5.41, 5.74) is 0. The van der Waals surface area contributed by atoms with Gasteiger partial charge in [-0.1, -0.05) is 19.8 Å². The van der Waals surface area contributed by atoms with Crippen LogP contribution in [0.3, 0.4) is 0 Å². The van der Waals surface area contributed by atoms with Gasteiger partial charge in [-0.15, -0.1) is 0 Å². The van der Waals surface area contributed by atoms with Gasteiger partial charge in [-0.3, -0.25) is 0 Å². The van der Waals surface area contributed by atoms with E-state index in [0.717, 1.165) is 32.1 Å². The summed E-state index contributed by atoms with van der Waals surface area (Å²) in [4.78, 5) is 0. The zero-order chi connectivity index (χ0) is 10.2. The fourth-order valence-electron chi connectivity index (χ4n) is 2.23. The first kappa shape index (κ1) is 12.0. The standard InChI is InChI=1S/C12H25NO/c1-3-9-14-10-8-13-11(2)12-6-4-5-7-12/h11-13H,3-10H2,1-2H3/t11-/m1/s1. The summed E-state index contributed by atoms with van der Waals surface area (Å²) in [5, 5.41) is 3.56. The topological polar surface area (TPSA) is 21.3 Å². The molecular weight excluding hydrogens is 174 g/mol. The van der Waals surface area contributed by atoms with Gasteiger partial charge in [-0.25, -0.2) is 0 Å². The number of hydrogen-bond donors (Lipinski definition) is 1. The second kappa shape index (κ2) is 7.24. The van der Waals surface area contributed by atoms with Gasteiger partial charge in [-0.05, 0) is 32.1 Å². The summed E-state index contributed by atoms with van der Waals surface area (Å²) in [5.74, 6) is 0.918. The van der Waals surface area contributed by atoms with E-state index in [2.05, 4.69) is 19.2 Å². The van der Waals surface area contributed by atoms with Crippen molar-refractivity contribution in [2.75, 3.05) is 19.8 Å². The van der Waals surface area contributed by atoms with E-state index >= 15 is 0 Å². The molecule has 1 atom stereocenters. The van der Waals surface area contributed by atoms with Crippen molar-refractivity contribution in [2.45, 2.75) is 52.0 Å². The van der Waals surface area contributed by atoms with Crippen LogP contribution in [0.15, 0.2) is 0 Å². The molecule has 1 saturated carbocycles. The van der Waals surface area contributed by atoms with Crippen LogP contribution in [0.1, 0.15) is 46.0 Å². The van der Waals surface area contributed by atoms with Crippen molar-refractivity contribution in [2.24, 2.45) is 5.92 Å². The molecule has 0 aliphatic heterocycles. The van der Waals surface area contributed by atoms with Gasteiger partial charge >= 0.3 is 0 Å². The second-order valence-electron chi connectivity index (χ2n) is 4.40. The molecule has 0 heterocycles. The Morgan fingerprint density at radius 1 is 1.29 bits per heavy atom. The van der Waals surface area contributed by atoms with Gasteiger partial charge < -0.3 is 10.1 Å². The van der Waals surface area contributed by atoms with Crippen LogP contribution < -0.4 is 5.32 Å². The first-order valence-electron chi connectivity index (χ1n) is 6.15. The van der Waals surface area contributed by atoms with E-state index < -0.39 is 0 Å². The highest BCUT2D eigenvalue weighted by atomic mass is 16.5. The first-order valence-corrected chi connectivity index (χ1v) is 6.15. The summed E-state index contributed by atoms with van der Waals surface area (Å²) in [7, 11) is 0. The Kier molecular flexibility index (Phi) is 6.20. The van der Waals surface area contributed by atoms with E-state index in [1.165, 1.54) is 25.7 Å². The molecule has 1 rings (SSSR count). The van der Waals surface area contributed by atoms with Crippen molar-refractivity contribution < 1.29 is 4.74 Å². The molecule has 0 amide bonds. The highest BCUT2D eigenvalue weighted by Crippen LogP contribution is 2.27. The predicted molar refractivity (Wildman–Crippen MR) is 60.5 cm³/mol. The van der Waals surface area contributed by atoms with Crippen LogP contribution >= 0.6 is 0 Å². The van der Waals surface area contributed by atoms with Gasteiger partial charge in [0, 0.05) is 19.2 Å². The molecule has 2 heteroatoms. The van der Waals surface area contributed by atoms with Gasteiger partial charge in [0.05, 0.1) is 6.61 Å². The number of ether oxygens (including phenoxy) is 1. The molecule has 2 nitrogen and oxygen atoms in total. The normalized spacial score (nSPS) is 20.1. The summed E-state index contributed by atoms with van der Waals surface area (Å²) < 4.78 is 5.43. The van der Waals surface area contributed by atoms with Gasteiger partial charge in [0.1, 0.15) is 0 Å². The zero-order valence-electron chi connectivity index (χ0n) is 9.72. The Hall–Kier alpha value is -0.0800. The Bertz CT molecular complexity index is 132. The maximum Gasteiger partial charge on any atom is 0.0590 e. The van der Waals surface area contributed by atoms with Gasteiger partial charge in [0.2, 0.25) is 0 Å². The monoisotopic (exact) mass is 199 g/mol. The third kappa shape index (κ3) is 4.43. The number of nitrogens with one attached hydrogen (secondary N) is 1. The molecule has 0 bridgehead atoms. The summed E-state index contributed by atoms with van der Waals surface area (Å²) in [6, 6.07) is 0.683. The zero-order valence-corrected chi connectivity index (χ0v) is 9.72. The minimum Gasteiger partial charge on any atom is -0.380 e. The lowest BCUT2D eigenvalue weighted by atomic mass is 10.00. The van der Waals surface area contributed by atoms with Crippen LogP contribution in [0.25, 0.3) is 0 Å². The molecule has 1 aliphatic rings. The van der Waals surface area contributed by atoms with Crippen molar-refractivity contribution in [1.29, 1.82) is 0 Å². The quantitative estimate of drug-likeness (QED) is 0.636. The van der Waals surface area contributed by atoms with Crippen LogP contribution in [0, 0.1) is 5.92 Å². The van der Waals surface area contributed by atoms with Crippen LogP contribution in [0.2, 0.25) is 0 Å². The minimum absolute atomic E-state index is 0.683. The lowest BCUT2D eigenvalue weighted by Gasteiger charge is -2.20. The number of rotatable bonds is 7. The number of hydrogen-bond acceptors (Lipinski definition) is 2. The van der Waals surface area contributed by atoms with Crippen LogP contribution in [0.4, 0.5) is 0 Å². The van der Waals surface area contributed by atoms with E-state index in [1.54, 1.807) is 0 Å². The van der Waals surface area contributed by atoms with Crippen molar-refractivity contribution in [3.63, 3.8) is 0 Å². The van der Waals surface area contributed by atoms with Crippen LogP contribution in [-0.4, -0.2) is 25.8 Å². The second-order valence-corrected chi connectivity index (χ2v) is 4.40. The van der Waals surface area contributed by atoms with Gasteiger partial charge in [-0.2, -0.15) is 0 Å². The van der Waals surface area contributed by atoms with E-state index in [9.17, 15) is 0 Å². The highest BCUT2D eigenvalue weighted by molar-refractivity contribution is 4.76. The average molecular weight is 199 g/mol. The van der Waals surface area contributed by atoms with E-state index in [1.807, 2.05) is 0 Å². The molecule has 14 heavy (non-hydrogen) atoms. The molecule has 0 spiro atoms. The maximum atomic E-state index is 5.43. The molecule has 1 aliphatic carbocycles. The van der Waals surface area contributed by atoms with E-state index in [4.69, 9.17) is 4.74 Å². The molecule has 0 radical (unpaired) electrons. The van der Waals surface area contributed by atoms with Gasteiger partial charge in [0.25, 0.3) is 0 Å². The van der Waals surface area contributed by atoms with Crippen molar-refractivity contribution in [3.8, 4) is 0 Å². The van der Waals surface area contributed by atoms with Crippen molar-refractivity contribution in [1.82, 2.24) is 5.32 Å². The molecule has 0 aromatic carbocycles. The molecule has 1 N–H and O–H groups in total. The largest absolute Gasteiger partial charge is 0.380 e. The minimum atomic E-state index is 0.683. The first-order chi connectivity index (χ1) is 6.84. The fraction of sp³-hybridized carbons (Fsp3) is 1.00. The molecular formula is C12H25NO. The Balaban J connectivity index is 1.94. The maximum absolute atomic E-state index is 5.43. The Labute approximate surface area is 88.4 Å². The average Bonchev–Trinajstić information content (AvgIpc) is 2.70. The smallest absolute Gasteiger partial charge is 0.0590 e. The lowest BCUT2D eigenvalue weighted by molar-refractivity contribution is 0.132. The molecule has 84 valence electrons. The third-order valence-electron chi connectivity index (χ3n) is 3.17. The molecule has 0 unspecified atom stereocenters. The highest BCUT2D eigenvalue weighted by Gasteiger charge is 2.20. The Morgan fingerprint density at radius 3 is 2.64 bits per heavy atom. The molecule has 1 fully saturated rings. The third-order valence-corrected chi connectivity index (χ3v) is 3.17. The lowest BCUT2D eigenvalue weighted by Crippen LogP contribution is -2.34. The molecule has 0 saturated heterocycles. The SMILES string of the molecule is CCCOCCN[C@H](C)C1CCCC1. The van der Waals surface area contributed by atoms with Crippen LogP contribution in [-0.2, 0) is 4.74 Å². The van der Waals surface area contributed by atoms with Crippen LogP contribution in [0.5, 0.6) is 0 Å². The molecule has 0 aromatic rings. The summed E-state index contributed by atoms with van der Waals surface area (Å²) in [6.07, 6.45) is 6.83. The summed E-state index contributed by atoms with van der Waals surface area (Å²) in [6.45, 7) is 7.24. The van der Waals surface area contributed by atoms with E-state index in [-0.39, 0.29) is 0 Å². The summed E-state index contributed by atoms with van der Waals surface area (Å²) >= 11 is 0. The van der Waals surface area contributed by atoms with Crippen molar-refractivity contribution in [3.05, 3.63) is 0 Å². The predicted octanol–water partition coefficient (Wildman–Crippen LogP) is 2.58. The Morgan fingerprint density at radius 2 is 2.00 bits per heavy atom. The van der Waals surface area contributed by atoms with E-state index in [0.29, 0.717) is 6.04 Å².